The molecule has 0 bridgehead atoms. The van der Waals surface area contributed by atoms with E-state index in [1.54, 1.807) is 29.1 Å². The second kappa shape index (κ2) is 8.16. The molecule has 0 aromatic carbocycles. The van der Waals surface area contributed by atoms with Crippen molar-refractivity contribution >= 4 is 22.1 Å². The molecule has 0 unspecified atom stereocenters. The zero-order valence-electron chi connectivity index (χ0n) is 17.5. The number of pyridine rings is 1. The summed E-state index contributed by atoms with van der Waals surface area (Å²) < 4.78 is 1.59. The smallest absolute Gasteiger partial charge is 0.258 e. The van der Waals surface area contributed by atoms with E-state index in [4.69, 9.17) is 4.98 Å². The number of aryl methyl sites for hydroxylation is 1. The number of piperazine rings is 1. The van der Waals surface area contributed by atoms with E-state index in [2.05, 4.69) is 31.7 Å². The second-order valence-corrected chi connectivity index (χ2v) is 8.60. The number of hydrogen-bond donors (Lipinski definition) is 0. The predicted molar refractivity (Wildman–Crippen MR) is 122 cm³/mol. The number of hydrogen-bond acceptors (Lipinski definition) is 8. The van der Waals surface area contributed by atoms with Crippen LogP contribution in [0.4, 0.5) is 5.82 Å². The van der Waals surface area contributed by atoms with E-state index in [0.717, 1.165) is 59.5 Å². The molecule has 1 aliphatic heterocycles. The van der Waals surface area contributed by atoms with E-state index in [1.807, 2.05) is 24.4 Å². The number of anilines is 1. The van der Waals surface area contributed by atoms with Crippen LogP contribution < -0.4 is 10.5 Å². The van der Waals surface area contributed by atoms with Crippen molar-refractivity contribution in [3.8, 4) is 11.4 Å². The monoisotopic (exact) mass is 433 g/mol. The van der Waals surface area contributed by atoms with Crippen LogP contribution in [-0.4, -0.2) is 55.4 Å². The zero-order chi connectivity index (χ0) is 21.4. The van der Waals surface area contributed by atoms with E-state index in [9.17, 15) is 4.79 Å². The second-order valence-electron chi connectivity index (χ2n) is 7.73. The third-order valence-corrected chi connectivity index (χ3v) is 6.45. The highest BCUT2D eigenvalue weighted by Crippen LogP contribution is 2.25. The van der Waals surface area contributed by atoms with Gasteiger partial charge in [0.2, 0.25) is 0 Å². The summed E-state index contributed by atoms with van der Waals surface area (Å²) in [4.78, 5) is 36.0. The Labute approximate surface area is 183 Å². The Morgan fingerprint density at radius 2 is 1.94 bits per heavy atom. The van der Waals surface area contributed by atoms with Gasteiger partial charge in [0.15, 0.2) is 10.8 Å². The number of fused-ring (bicyclic) bond motifs is 1. The van der Waals surface area contributed by atoms with Crippen LogP contribution in [0.3, 0.4) is 0 Å². The first kappa shape index (κ1) is 19.8. The zero-order valence-corrected chi connectivity index (χ0v) is 18.3. The summed E-state index contributed by atoms with van der Waals surface area (Å²) in [6, 6.07) is 5.53. The minimum Gasteiger partial charge on any atom is -0.354 e. The van der Waals surface area contributed by atoms with E-state index in [0.29, 0.717) is 12.4 Å². The number of thiazole rings is 1. The van der Waals surface area contributed by atoms with Gasteiger partial charge in [-0.1, -0.05) is 0 Å². The fraction of sp³-hybridized carbons (Fsp3) is 0.318. The summed E-state index contributed by atoms with van der Waals surface area (Å²) in [6.45, 7) is 8.29. The van der Waals surface area contributed by atoms with E-state index >= 15 is 0 Å². The van der Waals surface area contributed by atoms with Gasteiger partial charge in [-0.3, -0.25) is 19.1 Å². The van der Waals surface area contributed by atoms with Gasteiger partial charge in [0.1, 0.15) is 5.82 Å². The number of rotatable bonds is 4. The van der Waals surface area contributed by atoms with Gasteiger partial charge in [0, 0.05) is 79.6 Å². The maximum atomic E-state index is 12.2. The van der Waals surface area contributed by atoms with Crippen LogP contribution in [0, 0.1) is 13.8 Å². The van der Waals surface area contributed by atoms with Crippen LogP contribution in [0.25, 0.3) is 16.3 Å². The van der Waals surface area contributed by atoms with Gasteiger partial charge in [0.05, 0.1) is 5.69 Å². The maximum Gasteiger partial charge on any atom is 0.258 e. The number of aromatic nitrogens is 5. The molecular formula is C22H23N7OS. The molecule has 0 radical (unpaired) electrons. The summed E-state index contributed by atoms with van der Waals surface area (Å²) in [7, 11) is 0. The fourth-order valence-corrected chi connectivity index (χ4v) is 4.60. The lowest BCUT2D eigenvalue weighted by molar-refractivity contribution is 0.246. The Hall–Kier alpha value is -3.17. The first-order valence-electron chi connectivity index (χ1n) is 10.3. The van der Waals surface area contributed by atoms with Crippen LogP contribution >= 0.6 is 11.3 Å². The van der Waals surface area contributed by atoms with Gasteiger partial charge in [-0.15, -0.1) is 11.3 Å². The Bertz CT molecular complexity index is 1280. The van der Waals surface area contributed by atoms with Gasteiger partial charge in [-0.05, 0) is 26.0 Å². The van der Waals surface area contributed by atoms with Gasteiger partial charge in [-0.2, -0.15) is 0 Å². The van der Waals surface area contributed by atoms with Crippen LogP contribution in [0.5, 0.6) is 0 Å². The lowest BCUT2D eigenvalue weighted by Crippen LogP contribution is -2.46. The third-order valence-electron chi connectivity index (χ3n) is 5.70. The average molecular weight is 434 g/mol. The van der Waals surface area contributed by atoms with Crippen molar-refractivity contribution in [1.29, 1.82) is 0 Å². The Balaban J connectivity index is 1.32. The van der Waals surface area contributed by atoms with Gasteiger partial charge < -0.3 is 4.90 Å². The summed E-state index contributed by atoms with van der Waals surface area (Å²) in [5.41, 5.74) is 3.83. The van der Waals surface area contributed by atoms with E-state index in [1.165, 1.54) is 11.3 Å². The molecule has 4 aromatic rings. The quantitative estimate of drug-likeness (QED) is 0.489. The molecule has 31 heavy (non-hydrogen) atoms. The predicted octanol–water partition coefficient (Wildman–Crippen LogP) is 2.55. The molecule has 0 spiro atoms. The molecule has 5 rings (SSSR count). The minimum atomic E-state index is -0.0186. The van der Waals surface area contributed by atoms with Crippen molar-refractivity contribution in [2.75, 3.05) is 31.1 Å². The summed E-state index contributed by atoms with van der Waals surface area (Å²) in [5, 5.41) is 1.89. The largest absolute Gasteiger partial charge is 0.354 e. The molecule has 0 amide bonds. The number of nitrogens with zero attached hydrogens (tertiary/aromatic N) is 7. The van der Waals surface area contributed by atoms with Crippen molar-refractivity contribution in [2.24, 2.45) is 0 Å². The van der Waals surface area contributed by atoms with Crippen molar-refractivity contribution in [3.05, 3.63) is 69.5 Å². The first-order valence-corrected chi connectivity index (χ1v) is 11.2. The Kier molecular flexibility index (Phi) is 5.21. The molecule has 9 heteroatoms. The lowest BCUT2D eigenvalue weighted by atomic mass is 10.2. The molecule has 1 fully saturated rings. The first-order chi connectivity index (χ1) is 15.1. The summed E-state index contributed by atoms with van der Waals surface area (Å²) >= 11 is 1.48. The molecule has 0 atom stereocenters. The van der Waals surface area contributed by atoms with E-state index < -0.39 is 0 Å². The molecule has 8 nitrogen and oxygen atoms in total. The molecule has 158 valence electrons. The van der Waals surface area contributed by atoms with Crippen molar-refractivity contribution in [1.82, 2.24) is 29.2 Å². The normalized spacial score (nSPS) is 15.0. The van der Waals surface area contributed by atoms with Crippen molar-refractivity contribution in [3.63, 3.8) is 0 Å². The van der Waals surface area contributed by atoms with Crippen LogP contribution in [-0.2, 0) is 6.54 Å². The lowest BCUT2D eigenvalue weighted by Gasteiger charge is -2.36. The standard InChI is InChI=1S/C22H23N7OS/c1-15-16(2)24-20(17-4-3-5-23-13-17)26-21(15)28-8-6-27(7-9-28)14-18-12-19(30)29-10-11-31-22(29)25-18/h3-5,10-13H,6-9,14H2,1-2H3. The molecule has 4 aromatic heterocycles. The Morgan fingerprint density at radius 1 is 1.10 bits per heavy atom. The molecule has 0 N–H and O–H groups in total. The maximum absolute atomic E-state index is 12.2. The molecule has 0 saturated carbocycles. The Morgan fingerprint density at radius 3 is 2.71 bits per heavy atom. The topological polar surface area (TPSA) is 79.5 Å². The van der Waals surface area contributed by atoms with Crippen LogP contribution in [0.1, 0.15) is 17.0 Å². The minimum absolute atomic E-state index is 0.0186. The third kappa shape index (κ3) is 3.94. The average Bonchev–Trinajstić information content (AvgIpc) is 3.26. The van der Waals surface area contributed by atoms with Crippen molar-refractivity contribution < 1.29 is 0 Å². The summed E-state index contributed by atoms with van der Waals surface area (Å²) in [5.74, 6) is 1.70. The SMILES string of the molecule is Cc1nc(-c2cccnc2)nc(N2CCN(Cc3cc(=O)n4ccsc4n3)CC2)c1C. The molecule has 5 heterocycles. The molecule has 0 aliphatic carbocycles. The van der Waals surface area contributed by atoms with Crippen LogP contribution in [0.2, 0.25) is 0 Å². The highest BCUT2D eigenvalue weighted by molar-refractivity contribution is 7.15. The van der Waals surface area contributed by atoms with Gasteiger partial charge >= 0.3 is 0 Å². The highest BCUT2D eigenvalue weighted by atomic mass is 32.1. The van der Waals surface area contributed by atoms with Crippen LogP contribution in [0.15, 0.2) is 47.0 Å². The van der Waals surface area contributed by atoms with E-state index in [-0.39, 0.29) is 5.56 Å². The van der Waals surface area contributed by atoms with Gasteiger partial charge in [-0.25, -0.2) is 15.0 Å². The molecule has 1 saturated heterocycles. The molecule has 1 aliphatic rings. The fourth-order valence-electron chi connectivity index (χ4n) is 3.86. The van der Waals surface area contributed by atoms with Gasteiger partial charge in [0.25, 0.3) is 5.56 Å². The molecular weight excluding hydrogens is 410 g/mol. The highest BCUT2D eigenvalue weighted by Gasteiger charge is 2.22. The van der Waals surface area contributed by atoms with Crippen molar-refractivity contribution in [2.45, 2.75) is 20.4 Å². The summed E-state index contributed by atoms with van der Waals surface area (Å²) in [6.07, 6.45) is 5.32.